The second kappa shape index (κ2) is 6.81. The predicted molar refractivity (Wildman–Crippen MR) is 126 cm³/mol. The minimum atomic E-state index is -0.354. The highest BCUT2D eigenvalue weighted by molar-refractivity contribution is 9.10. The average molecular weight is 478 g/mol. The molecular weight excluding hydrogens is 458 g/mol. The zero-order valence-corrected chi connectivity index (χ0v) is 19.1. The molecule has 3 aromatic heterocycles. The van der Waals surface area contributed by atoms with E-state index in [9.17, 15) is 9.59 Å². The highest BCUT2D eigenvalue weighted by Crippen LogP contribution is 2.32. The number of benzene rings is 2. The smallest absolute Gasteiger partial charge is 0.330 e. The number of nitrogens with zero attached hydrogens (tertiary/aromatic N) is 5. The largest absolute Gasteiger partial charge is 0.331 e. The fourth-order valence-electron chi connectivity index (χ4n) is 4.09. The van der Waals surface area contributed by atoms with E-state index in [0.717, 1.165) is 42.8 Å². The summed E-state index contributed by atoms with van der Waals surface area (Å²) in [6, 6.07) is 13.8. The molecule has 0 atom stereocenters. The molecule has 0 amide bonds. The molecule has 5 aromatic rings. The monoisotopic (exact) mass is 477 g/mol. The minimum absolute atomic E-state index is 0.315. The fourth-order valence-corrected chi connectivity index (χ4v) is 4.36. The van der Waals surface area contributed by atoms with Crippen LogP contribution in [0.4, 0.5) is 0 Å². The third kappa shape index (κ3) is 2.82. The summed E-state index contributed by atoms with van der Waals surface area (Å²) >= 11 is 3.48. The number of rotatable bonds is 2. The Hall–Kier alpha value is -3.39. The maximum absolute atomic E-state index is 13.2. The van der Waals surface area contributed by atoms with E-state index in [1.807, 2.05) is 71.8 Å². The maximum atomic E-state index is 13.2. The number of aromatic nitrogens is 5. The number of hydrogen-bond donors (Lipinski definition) is 0. The predicted octanol–water partition coefficient (Wildman–Crippen LogP) is 3.65. The summed E-state index contributed by atoms with van der Waals surface area (Å²) in [7, 11) is 5.18. The Balaban J connectivity index is 1.92. The number of fused-ring (bicyclic) bond motifs is 2. The lowest BCUT2D eigenvalue weighted by atomic mass is 10.1. The van der Waals surface area contributed by atoms with E-state index in [2.05, 4.69) is 20.9 Å². The zero-order valence-electron chi connectivity index (χ0n) is 17.5. The van der Waals surface area contributed by atoms with Gasteiger partial charge in [-0.3, -0.25) is 13.9 Å². The highest BCUT2D eigenvalue weighted by Gasteiger charge is 2.20. The molecule has 0 aliphatic carbocycles. The Morgan fingerprint density at radius 3 is 2.29 bits per heavy atom. The molecule has 8 heteroatoms. The summed E-state index contributed by atoms with van der Waals surface area (Å²) in [5.41, 5.74) is 4.32. The molecule has 0 fully saturated rings. The summed E-state index contributed by atoms with van der Waals surface area (Å²) in [4.78, 5) is 30.4. The van der Waals surface area contributed by atoms with Crippen molar-refractivity contribution in [2.45, 2.75) is 6.92 Å². The van der Waals surface area contributed by atoms with E-state index in [1.54, 1.807) is 7.05 Å². The molecule has 31 heavy (non-hydrogen) atoms. The lowest BCUT2D eigenvalue weighted by molar-refractivity contribution is 0.714. The van der Waals surface area contributed by atoms with Crippen molar-refractivity contribution in [2.24, 2.45) is 21.1 Å². The molecule has 0 aliphatic rings. The molecule has 0 bridgehead atoms. The van der Waals surface area contributed by atoms with Gasteiger partial charge in [-0.25, -0.2) is 9.78 Å². The molecule has 156 valence electrons. The Labute approximate surface area is 185 Å². The van der Waals surface area contributed by atoms with Crippen LogP contribution < -0.4 is 11.2 Å². The van der Waals surface area contributed by atoms with Crippen LogP contribution in [0.5, 0.6) is 0 Å². The Bertz CT molecular complexity index is 1620. The summed E-state index contributed by atoms with van der Waals surface area (Å²) < 4.78 is 7.63. The first kappa shape index (κ1) is 19.6. The normalized spacial score (nSPS) is 11.6. The van der Waals surface area contributed by atoms with Crippen molar-refractivity contribution < 1.29 is 0 Å². The molecule has 0 N–H and O–H groups in total. The first-order valence-electron chi connectivity index (χ1n) is 9.78. The molecule has 5 rings (SSSR count). The van der Waals surface area contributed by atoms with E-state index in [0.29, 0.717) is 10.9 Å². The van der Waals surface area contributed by atoms with Crippen molar-refractivity contribution in [1.82, 2.24) is 23.3 Å². The summed E-state index contributed by atoms with van der Waals surface area (Å²) in [6.07, 6.45) is 1.85. The molecule has 0 saturated heterocycles. The van der Waals surface area contributed by atoms with Crippen LogP contribution >= 0.6 is 15.9 Å². The van der Waals surface area contributed by atoms with Gasteiger partial charge >= 0.3 is 5.69 Å². The van der Waals surface area contributed by atoms with Crippen LogP contribution in [0.3, 0.4) is 0 Å². The molecule has 7 nitrogen and oxygen atoms in total. The van der Waals surface area contributed by atoms with Gasteiger partial charge in [0.25, 0.3) is 5.56 Å². The topological polar surface area (TPSA) is 66.8 Å². The van der Waals surface area contributed by atoms with Crippen LogP contribution in [0.15, 0.2) is 62.7 Å². The van der Waals surface area contributed by atoms with Gasteiger partial charge in [-0.2, -0.15) is 0 Å². The number of hydrogen-bond acceptors (Lipinski definition) is 3. The summed E-state index contributed by atoms with van der Waals surface area (Å²) in [5, 5.41) is 0.504. The summed E-state index contributed by atoms with van der Waals surface area (Å²) in [6.45, 7) is 1.97. The minimum Gasteiger partial charge on any atom is -0.331 e. The second-order valence-electron chi connectivity index (χ2n) is 7.71. The first-order valence-corrected chi connectivity index (χ1v) is 10.6. The molecule has 0 saturated carbocycles. The number of aryl methyl sites for hydroxylation is 3. The van der Waals surface area contributed by atoms with E-state index in [1.165, 1.54) is 11.6 Å². The second-order valence-corrected chi connectivity index (χ2v) is 8.63. The van der Waals surface area contributed by atoms with Crippen molar-refractivity contribution in [3.8, 4) is 16.9 Å². The molecule has 2 aromatic carbocycles. The van der Waals surface area contributed by atoms with E-state index in [-0.39, 0.29) is 11.2 Å². The van der Waals surface area contributed by atoms with Crippen LogP contribution in [-0.4, -0.2) is 23.3 Å². The third-order valence-electron chi connectivity index (χ3n) is 5.92. The van der Waals surface area contributed by atoms with Crippen molar-refractivity contribution in [3.05, 3.63) is 79.8 Å². The zero-order chi connectivity index (χ0) is 22.0. The van der Waals surface area contributed by atoms with Gasteiger partial charge in [0.1, 0.15) is 5.82 Å². The van der Waals surface area contributed by atoms with E-state index >= 15 is 0 Å². The fraction of sp³-hybridized carbons (Fsp3) is 0.174. The standard InChI is InChI=1S/C23H20BrN5O2/c1-13-25-17-11-16(9-10-18(17)26(13)2)29-12-19-20(22(30)28(4)23(31)27(19)3)21(29)14-5-7-15(24)8-6-14/h5-12H,1-4H3. The Morgan fingerprint density at radius 1 is 0.871 bits per heavy atom. The van der Waals surface area contributed by atoms with E-state index in [4.69, 9.17) is 0 Å². The van der Waals surface area contributed by atoms with Crippen LogP contribution in [0.2, 0.25) is 0 Å². The third-order valence-corrected chi connectivity index (χ3v) is 6.45. The van der Waals surface area contributed by atoms with Gasteiger partial charge in [-0.1, -0.05) is 28.1 Å². The molecule has 0 unspecified atom stereocenters. The van der Waals surface area contributed by atoms with Gasteiger partial charge < -0.3 is 9.13 Å². The van der Waals surface area contributed by atoms with Crippen LogP contribution in [0, 0.1) is 6.92 Å². The molecular formula is C23H20BrN5O2. The van der Waals surface area contributed by atoms with E-state index < -0.39 is 0 Å². The number of halogens is 1. The molecule has 0 spiro atoms. The highest BCUT2D eigenvalue weighted by atomic mass is 79.9. The van der Waals surface area contributed by atoms with Gasteiger partial charge in [0, 0.05) is 37.5 Å². The molecule has 0 aliphatic heterocycles. The van der Waals surface area contributed by atoms with Crippen molar-refractivity contribution in [1.29, 1.82) is 0 Å². The lowest BCUT2D eigenvalue weighted by Gasteiger charge is -2.11. The van der Waals surface area contributed by atoms with Gasteiger partial charge in [0.05, 0.1) is 27.6 Å². The first-order chi connectivity index (χ1) is 14.8. The average Bonchev–Trinajstić information content (AvgIpc) is 3.29. The van der Waals surface area contributed by atoms with Crippen LogP contribution in [-0.2, 0) is 21.1 Å². The van der Waals surface area contributed by atoms with Gasteiger partial charge in [-0.15, -0.1) is 0 Å². The Kier molecular flexibility index (Phi) is 4.30. The molecule has 3 heterocycles. The maximum Gasteiger partial charge on any atom is 0.330 e. The number of imidazole rings is 1. The quantitative estimate of drug-likeness (QED) is 0.389. The molecule has 0 radical (unpaired) electrons. The van der Waals surface area contributed by atoms with Gasteiger partial charge in [-0.05, 0) is 42.8 Å². The van der Waals surface area contributed by atoms with Gasteiger partial charge in [0.2, 0.25) is 0 Å². The van der Waals surface area contributed by atoms with Crippen LogP contribution in [0.25, 0.3) is 38.9 Å². The van der Waals surface area contributed by atoms with Crippen molar-refractivity contribution >= 4 is 37.9 Å². The Morgan fingerprint density at radius 2 is 1.58 bits per heavy atom. The van der Waals surface area contributed by atoms with Gasteiger partial charge in [0.15, 0.2) is 0 Å². The SMILES string of the molecule is Cc1nc2cc(-n3cc4c(c3-c3ccc(Br)cc3)c(=O)n(C)c(=O)n4C)ccc2n1C. The lowest BCUT2D eigenvalue weighted by Crippen LogP contribution is -2.36. The van der Waals surface area contributed by atoms with Crippen molar-refractivity contribution in [2.75, 3.05) is 0 Å². The summed E-state index contributed by atoms with van der Waals surface area (Å²) in [5.74, 6) is 0.925. The van der Waals surface area contributed by atoms with Crippen LogP contribution in [0.1, 0.15) is 5.82 Å². The van der Waals surface area contributed by atoms with Crippen molar-refractivity contribution in [3.63, 3.8) is 0 Å².